The number of hydrogen-bond donors (Lipinski definition) is 2. The third kappa shape index (κ3) is 1.95. The van der Waals surface area contributed by atoms with Gasteiger partial charge in [-0.25, -0.2) is 9.97 Å². The first-order chi connectivity index (χ1) is 8.34. The Morgan fingerprint density at radius 1 is 1.24 bits per heavy atom. The lowest BCUT2D eigenvalue weighted by atomic mass is 10.1. The van der Waals surface area contributed by atoms with E-state index in [1.165, 1.54) is 0 Å². The fraction of sp³-hybridized carbons (Fsp3) is 0.545. The van der Waals surface area contributed by atoms with Crippen LogP contribution in [0.3, 0.4) is 0 Å². The van der Waals surface area contributed by atoms with Crippen molar-refractivity contribution >= 4 is 11.9 Å². The molecule has 2 N–H and O–H groups in total. The summed E-state index contributed by atoms with van der Waals surface area (Å²) in [4.78, 5) is 22.5. The van der Waals surface area contributed by atoms with Crippen molar-refractivity contribution in [1.82, 2.24) is 20.6 Å². The van der Waals surface area contributed by atoms with Crippen molar-refractivity contribution in [2.75, 3.05) is 37.6 Å². The van der Waals surface area contributed by atoms with Gasteiger partial charge in [0.15, 0.2) is 0 Å². The molecule has 1 aromatic heterocycles. The molecule has 2 aliphatic rings. The second-order valence-corrected chi connectivity index (χ2v) is 4.27. The molecule has 6 nitrogen and oxygen atoms in total. The number of amides is 1. The minimum absolute atomic E-state index is 0.0573. The Morgan fingerprint density at radius 3 is 2.88 bits per heavy atom. The molecule has 3 rings (SSSR count). The first kappa shape index (κ1) is 10.5. The van der Waals surface area contributed by atoms with Crippen molar-refractivity contribution < 1.29 is 4.79 Å². The van der Waals surface area contributed by atoms with E-state index in [0.29, 0.717) is 12.1 Å². The van der Waals surface area contributed by atoms with Crippen molar-refractivity contribution in [3.8, 4) is 0 Å². The molecule has 1 amide bonds. The van der Waals surface area contributed by atoms with Gasteiger partial charge in [-0.1, -0.05) is 0 Å². The van der Waals surface area contributed by atoms with E-state index in [1.54, 1.807) is 6.20 Å². The van der Waals surface area contributed by atoms with Crippen molar-refractivity contribution in [1.29, 1.82) is 0 Å². The molecule has 0 aliphatic carbocycles. The van der Waals surface area contributed by atoms with Crippen LogP contribution in [0.5, 0.6) is 0 Å². The average molecular weight is 233 g/mol. The Morgan fingerprint density at radius 2 is 2.06 bits per heavy atom. The zero-order chi connectivity index (χ0) is 11.7. The summed E-state index contributed by atoms with van der Waals surface area (Å²) in [5.41, 5.74) is 1.49. The smallest absolute Gasteiger partial charge is 0.254 e. The van der Waals surface area contributed by atoms with Gasteiger partial charge < -0.3 is 15.5 Å². The van der Waals surface area contributed by atoms with Crippen LogP contribution in [-0.4, -0.2) is 48.6 Å². The van der Waals surface area contributed by atoms with Crippen molar-refractivity contribution in [3.63, 3.8) is 0 Å². The van der Waals surface area contributed by atoms with E-state index in [1.807, 2.05) is 0 Å². The van der Waals surface area contributed by atoms with Crippen LogP contribution >= 0.6 is 0 Å². The van der Waals surface area contributed by atoms with Crippen LogP contribution in [0.25, 0.3) is 0 Å². The highest BCUT2D eigenvalue weighted by atomic mass is 16.1. The largest absolute Gasteiger partial charge is 0.352 e. The molecule has 3 heterocycles. The molecule has 1 saturated heterocycles. The normalized spacial score (nSPS) is 19.8. The summed E-state index contributed by atoms with van der Waals surface area (Å²) >= 11 is 0. The predicted molar refractivity (Wildman–Crippen MR) is 63.2 cm³/mol. The first-order valence-corrected chi connectivity index (χ1v) is 5.94. The van der Waals surface area contributed by atoms with E-state index in [0.717, 1.165) is 44.2 Å². The second kappa shape index (κ2) is 4.29. The number of anilines is 1. The molecular weight excluding hydrogens is 218 g/mol. The highest BCUT2D eigenvalue weighted by Crippen LogP contribution is 2.15. The van der Waals surface area contributed by atoms with Gasteiger partial charge in [0.1, 0.15) is 0 Å². The molecule has 2 aliphatic heterocycles. The Labute approximate surface area is 99.4 Å². The topological polar surface area (TPSA) is 70.2 Å². The number of carbonyl (C=O) groups is 1. The first-order valence-electron chi connectivity index (χ1n) is 5.94. The summed E-state index contributed by atoms with van der Waals surface area (Å²) in [5, 5.41) is 6.09. The molecule has 0 radical (unpaired) electrons. The lowest BCUT2D eigenvalue weighted by Gasteiger charge is -2.28. The highest BCUT2D eigenvalue weighted by Gasteiger charge is 2.21. The number of aromatic nitrogens is 2. The molecule has 1 aromatic rings. The summed E-state index contributed by atoms with van der Waals surface area (Å²) in [6.45, 7) is 4.43. The fourth-order valence-corrected chi connectivity index (χ4v) is 2.19. The Kier molecular flexibility index (Phi) is 2.64. The molecule has 0 aromatic carbocycles. The number of nitrogens with zero attached hydrogens (tertiary/aromatic N) is 3. The second-order valence-electron chi connectivity index (χ2n) is 4.27. The standard InChI is InChI=1S/C11H15N5O/c17-10-8-7-14-11(15-9(8)1-2-13-10)16-5-3-12-4-6-16/h7,12H,1-6H2,(H,13,17). The molecule has 90 valence electrons. The molecule has 0 spiro atoms. The number of nitrogens with one attached hydrogen (secondary N) is 2. The van der Waals surface area contributed by atoms with Gasteiger partial charge in [-0.2, -0.15) is 0 Å². The Bertz CT molecular complexity index is 441. The molecule has 1 fully saturated rings. The van der Waals surface area contributed by atoms with E-state index < -0.39 is 0 Å². The predicted octanol–water partition coefficient (Wildman–Crippen LogP) is -0.828. The maximum atomic E-state index is 11.6. The Hall–Kier alpha value is -1.69. The van der Waals surface area contributed by atoms with E-state index in [2.05, 4.69) is 25.5 Å². The quantitative estimate of drug-likeness (QED) is 0.662. The summed E-state index contributed by atoms with van der Waals surface area (Å²) < 4.78 is 0. The number of hydrogen-bond acceptors (Lipinski definition) is 5. The number of carbonyl (C=O) groups excluding carboxylic acids is 1. The van der Waals surface area contributed by atoms with Crippen LogP contribution < -0.4 is 15.5 Å². The van der Waals surface area contributed by atoms with Crippen LogP contribution in [0.4, 0.5) is 5.95 Å². The molecule has 0 saturated carbocycles. The molecule has 0 atom stereocenters. The van der Waals surface area contributed by atoms with Gasteiger partial charge in [0.05, 0.1) is 11.3 Å². The molecular formula is C11H15N5O. The van der Waals surface area contributed by atoms with Gasteiger partial charge >= 0.3 is 0 Å². The number of piperazine rings is 1. The third-order valence-electron chi connectivity index (χ3n) is 3.15. The van der Waals surface area contributed by atoms with Gasteiger partial charge in [0, 0.05) is 45.3 Å². The van der Waals surface area contributed by atoms with Crippen LogP contribution in [-0.2, 0) is 6.42 Å². The maximum absolute atomic E-state index is 11.6. The van der Waals surface area contributed by atoms with E-state index in [4.69, 9.17) is 0 Å². The van der Waals surface area contributed by atoms with Gasteiger partial charge in [-0.05, 0) is 0 Å². The van der Waals surface area contributed by atoms with Crippen LogP contribution in [0.15, 0.2) is 6.20 Å². The van der Waals surface area contributed by atoms with E-state index >= 15 is 0 Å². The van der Waals surface area contributed by atoms with Gasteiger partial charge in [0.2, 0.25) is 5.95 Å². The van der Waals surface area contributed by atoms with Crippen molar-refractivity contribution in [3.05, 3.63) is 17.5 Å². The van der Waals surface area contributed by atoms with Gasteiger partial charge in [-0.3, -0.25) is 4.79 Å². The van der Waals surface area contributed by atoms with Crippen molar-refractivity contribution in [2.24, 2.45) is 0 Å². The molecule has 0 bridgehead atoms. The third-order valence-corrected chi connectivity index (χ3v) is 3.15. The maximum Gasteiger partial charge on any atom is 0.254 e. The minimum Gasteiger partial charge on any atom is -0.352 e. The zero-order valence-electron chi connectivity index (χ0n) is 9.57. The lowest BCUT2D eigenvalue weighted by molar-refractivity contribution is 0.0944. The van der Waals surface area contributed by atoms with Crippen LogP contribution in [0.2, 0.25) is 0 Å². The van der Waals surface area contributed by atoms with Crippen molar-refractivity contribution in [2.45, 2.75) is 6.42 Å². The monoisotopic (exact) mass is 233 g/mol. The number of rotatable bonds is 1. The van der Waals surface area contributed by atoms with Gasteiger partial charge in [0.25, 0.3) is 5.91 Å². The SMILES string of the molecule is O=C1NCCc2nc(N3CCNCC3)ncc21. The molecule has 6 heteroatoms. The fourth-order valence-electron chi connectivity index (χ4n) is 2.19. The Balaban J connectivity index is 1.89. The summed E-state index contributed by atoms with van der Waals surface area (Å²) in [6.07, 6.45) is 2.44. The summed E-state index contributed by atoms with van der Waals surface area (Å²) in [7, 11) is 0. The zero-order valence-corrected chi connectivity index (χ0v) is 9.57. The average Bonchev–Trinajstić information content (AvgIpc) is 2.40. The van der Waals surface area contributed by atoms with E-state index in [9.17, 15) is 4.79 Å². The summed E-state index contributed by atoms with van der Waals surface area (Å²) in [5.74, 6) is 0.693. The highest BCUT2D eigenvalue weighted by molar-refractivity contribution is 5.96. The van der Waals surface area contributed by atoms with Crippen LogP contribution in [0, 0.1) is 0 Å². The molecule has 17 heavy (non-hydrogen) atoms. The minimum atomic E-state index is -0.0573. The van der Waals surface area contributed by atoms with E-state index in [-0.39, 0.29) is 5.91 Å². The summed E-state index contributed by atoms with van der Waals surface area (Å²) in [6, 6.07) is 0. The van der Waals surface area contributed by atoms with Crippen LogP contribution in [0.1, 0.15) is 16.1 Å². The lowest BCUT2D eigenvalue weighted by Crippen LogP contribution is -2.44. The van der Waals surface area contributed by atoms with Gasteiger partial charge in [-0.15, -0.1) is 0 Å². The number of fused-ring (bicyclic) bond motifs is 1. The molecule has 0 unspecified atom stereocenters.